The van der Waals surface area contributed by atoms with Gasteiger partial charge in [0.05, 0.1) is 6.54 Å². The van der Waals surface area contributed by atoms with E-state index in [1.807, 2.05) is 19.1 Å². The van der Waals surface area contributed by atoms with E-state index in [-0.39, 0.29) is 18.6 Å². The van der Waals surface area contributed by atoms with E-state index < -0.39 is 0 Å². The Kier molecular flexibility index (Phi) is 4.04. The Bertz CT molecular complexity index is 520. The average molecular weight is 261 g/mol. The van der Waals surface area contributed by atoms with Crippen LogP contribution in [0.2, 0.25) is 0 Å². The summed E-state index contributed by atoms with van der Waals surface area (Å²) in [5.74, 6) is 0.419. The molecule has 2 aromatic rings. The molecule has 1 heterocycles. The van der Waals surface area contributed by atoms with Crippen molar-refractivity contribution >= 4 is 11.7 Å². The minimum atomic E-state index is -0.335. The SMILES string of the molecule is CC(N)c1ccc(NC(=O)NCc2nn[nH]n2)cc1. The van der Waals surface area contributed by atoms with E-state index in [1.165, 1.54) is 0 Å². The second kappa shape index (κ2) is 5.91. The zero-order valence-corrected chi connectivity index (χ0v) is 10.4. The van der Waals surface area contributed by atoms with Gasteiger partial charge in [-0.2, -0.15) is 5.21 Å². The fourth-order valence-corrected chi connectivity index (χ4v) is 1.46. The fraction of sp³-hybridized carbons (Fsp3) is 0.273. The zero-order valence-electron chi connectivity index (χ0n) is 10.4. The maximum absolute atomic E-state index is 11.6. The number of urea groups is 1. The molecule has 100 valence electrons. The number of anilines is 1. The number of nitrogens with two attached hydrogens (primary N) is 1. The van der Waals surface area contributed by atoms with Crippen LogP contribution < -0.4 is 16.4 Å². The van der Waals surface area contributed by atoms with Crippen LogP contribution in [0, 0.1) is 0 Å². The lowest BCUT2D eigenvalue weighted by atomic mass is 10.1. The van der Waals surface area contributed by atoms with Crippen LogP contribution >= 0.6 is 0 Å². The second-order valence-corrected chi connectivity index (χ2v) is 4.05. The number of nitrogens with one attached hydrogen (secondary N) is 3. The first kappa shape index (κ1) is 13.0. The van der Waals surface area contributed by atoms with Gasteiger partial charge < -0.3 is 16.4 Å². The molecule has 1 aromatic carbocycles. The quantitative estimate of drug-likeness (QED) is 0.640. The Labute approximate surface area is 109 Å². The van der Waals surface area contributed by atoms with Gasteiger partial charge in [0.1, 0.15) is 0 Å². The van der Waals surface area contributed by atoms with E-state index >= 15 is 0 Å². The number of H-pyrrole nitrogens is 1. The molecule has 0 fully saturated rings. The maximum atomic E-state index is 11.6. The first-order valence-corrected chi connectivity index (χ1v) is 5.78. The summed E-state index contributed by atoms with van der Waals surface area (Å²) in [6.07, 6.45) is 0. The highest BCUT2D eigenvalue weighted by atomic mass is 16.2. The number of carbonyl (C=O) groups is 1. The first-order chi connectivity index (χ1) is 9.15. The molecule has 8 heteroatoms. The van der Waals surface area contributed by atoms with Crippen molar-refractivity contribution in [3.05, 3.63) is 35.7 Å². The number of tetrazole rings is 1. The number of hydrogen-bond donors (Lipinski definition) is 4. The molecule has 19 heavy (non-hydrogen) atoms. The van der Waals surface area contributed by atoms with Gasteiger partial charge in [0.2, 0.25) is 0 Å². The highest BCUT2D eigenvalue weighted by Gasteiger charge is 2.04. The molecule has 0 saturated heterocycles. The number of amides is 2. The molecule has 0 bridgehead atoms. The first-order valence-electron chi connectivity index (χ1n) is 5.78. The third-order valence-electron chi connectivity index (χ3n) is 2.49. The fourth-order valence-electron chi connectivity index (χ4n) is 1.46. The molecule has 2 amide bonds. The van der Waals surface area contributed by atoms with E-state index in [0.29, 0.717) is 11.5 Å². The molecule has 2 rings (SSSR count). The molecular weight excluding hydrogens is 246 g/mol. The Morgan fingerprint density at radius 1 is 1.42 bits per heavy atom. The third-order valence-corrected chi connectivity index (χ3v) is 2.49. The number of rotatable bonds is 4. The van der Waals surface area contributed by atoms with Crippen molar-refractivity contribution in [3.8, 4) is 0 Å². The highest BCUT2D eigenvalue weighted by Crippen LogP contribution is 2.13. The average Bonchev–Trinajstić information content (AvgIpc) is 2.90. The Hall–Kier alpha value is -2.48. The summed E-state index contributed by atoms with van der Waals surface area (Å²) in [4.78, 5) is 11.6. The normalized spacial score (nSPS) is 11.9. The summed E-state index contributed by atoms with van der Waals surface area (Å²) >= 11 is 0. The topological polar surface area (TPSA) is 122 Å². The summed E-state index contributed by atoms with van der Waals surface area (Å²) in [5.41, 5.74) is 7.45. The molecule has 0 spiro atoms. The van der Waals surface area contributed by atoms with Crippen LogP contribution in [0.4, 0.5) is 10.5 Å². The lowest BCUT2D eigenvalue weighted by Crippen LogP contribution is -2.28. The largest absolute Gasteiger partial charge is 0.330 e. The number of carbonyl (C=O) groups excluding carboxylic acids is 1. The zero-order chi connectivity index (χ0) is 13.7. The minimum Gasteiger partial charge on any atom is -0.330 e. The van der Waals surface area contributed by atoms with Crippen molar-refractivity contribution in [1.29, 1.82) is 0 Å². The van der Waals surface area contributed by atoms with Crippen molar-refractivity contribution in [2.75, 3.05) is 5.32 Å². The van der Waals surface area contributed by atoms with Gasteiger partial charge in [-0.15, -0.1) is 10.2 Å². The summed E-state index contributed by atoms with van der Waals surface area (Å²) in [7, 11) is 0. The van der Waals surface area contributed by atoms with Crippen LogP contribution in [0.15, 0.2) is 24.3 Å². The molecule has 0 aliphatic rings. The maximum Gasteiger partial charge on any atom is 0.319 e. The second-order valence-electron chi connectivity index (χ2n) is 4.05. The van der Waals surface area contributed by atoms with Crippen molar-refractivity contribution in [2.45, 2.75) is 19.5 Å². The van der Waals surface area contributed by atoms with Crippen LogP contribution in [-0.2, 0) is 6.54 Å². The van der Waals surface area contributed by atoms with E-state index in [4.69, 9.17) is 5.73 Å². The van der Waals surface area contributed by atoms with Crippen molar-refractivity contribution < 1.29 is 4.79 Å². The van der Waals surface area contributed by atoms with Crippen LogP contribution in [-0.4, -0.2) is 26.7 Å². The van der Waals surface area contributed by atoms with Crippen LogP contribution in [0.5, 0.6) is 0 Å². The lowest BCUT2D eigenvalue weighted by molar-refractivity contribution is 0.251. The molecule has 8 nitrogen and oxygen atoms in total. The molecular formula is C11H15N7O. The van der Waals surface area contributed by atoms with E-state index in [0.717, 1.165) is 5.56 Å². The van der Waals surface area contributed by atoms with Gasteiger partial charge in [-0.3, -0.25) is 0 Å². The summed E-state index contributed by atoms with van der Waals surface area (Å²) in [5, 5.41) is 18.4. The van der Waals surface area contributed by atoms with E-state index in [2.05, 4.69) is 31.3 Å². The Morgan fingerprint density at radius 3 is 2.74 bits per heavy atom. The van der Waals surface area contributed by atoms with Crippen LogP contribution in [0.25, 0.3) is 0 Å². The minimum absolute atomic E-state index is 0.0267. The lowest BCUT2D eigenvalue weighted by Gasteiger charge is -2.08. The number of nitrogens with zero attached hydrogens (tertiary/aromatic N) is 3. The van der Waals surface area contributed by atoms with Gasteiger partial charge in [0, 0.05) is 11.7 Å². The van der Waals surface area contributed by atoms with Gasteiger partial charge >= 0.3 is 6.03 Å². The molecule has 1 aromatic heterocycles. The number of aromatic amines is 1. The van der Waals surface area contributed by atoms with Crippen molar-refractivity contribution in [1.82, 2.24) is 25.9 Å². The van der Waals surface area contributed by atoms with Gasteiger partial charge in [0.25, 0.3) is 0 Å². The predicted molar refractivity (Wildman–Crippen MR) is 69.1 cm³/mol. The van der Waals surface area contributed by atoms with Crippen LogP contribution in [0.1, 0.15) is 24.4 Å². The molecule has 0 aliphatic heterocycles. The molecule has 1 unspecified atom stereocenters. The third kappa shape index (κ3) is 3.75. The summed E-state index contributed by atoms with van der Waals surface area (Å²) in [6.45, 7) is 2.11. The molecule has 0 saturated carbocycles. The standard InChI is InChI=1S/C11H15N7O/c1-7(12)8-2-4-9(5-3-8)14-11(19)13-6-10-15-17-18-16-10/h2-5,7H,6,12H2,1H3,(H2,13,14,19)(H,15,16,17,18). The molecule has 0 aliphatic carbocycles. The highest BCUT2D eigenvalue weighted by molar-refractivity contribution is 5.89. The number of aromatic nitrogens is 4. The monoisotopic (exact) mass is 261 g/mol. The summed E-state index contributed by atoms with van der Waals surface area (Å²) in [6, 6.07) is 6.98. The Balaban J connectivity index is 1.84. The smallest absolute Gasteiger partial charge is 0.319 e. The molecule has 5 N–H and O–H groups in total. The molecule has 1 atom stereocenters. The van der Waals surface area contributed by atoms with Crippen molar-refractivity contribution in [3.63, 3.8) is 0 Å². The Morgan fingerprint density at radius 2 is 2.16 bits per heavy atom. The summed E-state index contributed by atoms with van der Waals surface area (Å²) < 4.78 is 0. The van der Waals surface area contributed by atoms with E-state index in [9.17, 15) is 4.79 Å². The van der Waals surface area contributed by atoms with Gasteiger partial charge in [-0.05, 0) is 24.6 Å². The van der Waals surface area contributed by atoms with Gasteiger partial charge in [-0.1, -0.05) is 17.3 Å². The number of hydrogen-bond acceptors (Lipinski definition) is 5. The van der Waals surface area contributed by atoms with Gasteiger partial charge in [-0.25, -0.2) is 4.79 Å². The van der Waals surface area contributed by atoms with E-state index in [1.54, 1.807) is 12.1 Å². The van der Waals surface area contributed by atoms with Crippen LogP contribution in [0.3, 0.4) is 0 Å². The van der Waals surface area contributed by atoms with Gasteiger partial charge in [0.15, 0.2) is 5.82 Å². The number of benzene rings is 1. The molecule has 0 radical (unpaired) electrons. The predicted octanol–water partition coefficient (Wildman–Crippen LogP) is 0.541. The van der Waals surface area contributed by atoms with Crippen molar-refractivity contribution in [2.24, 2.45) is 5.73 Å².